The Hall–Kier alpha value is -1.33. The van der Waals surface area contributed by atoms with Crippen molar-refractivity contribution in [3.63, 3.8) is 0 Å². The number of carboxylic acid groups (broad SMARTS) is 1. The van der Waals surface area contributed by atoms with Gasteiger partial charge in [0, 0.05) is 11.6 Å². The van der Waals surface area contributed by atoms with Gasteiger partial charge in [0.25, 0.3) is 0 Å². The van der Waals surface area contributed by atoms with Crippen molar-refractivity contribution in [2.24, 2.45) is 5.73 Å². The predicted molar refractivity (Wildman–Crippen MR) is 55.5 cm³/mol. The zero-order valence-corrected chi connectivity index (χ0v) is 8.17. The summed E-state index contributed by atoms with van der Waals surface area (Å²) >= 11 is 1.57. The fourth-order valence-corrected chi connectivity index (χ4v) is 2.33. The molecular weight excluding hydrogens is 200 g/mol. The number of hydrogen-bond donors (Lipinski definition) is 3. The molecule has 2 rings (SSSR count). The maximum atomic E-state index is 10.6. The van der Waals surface area contributed by atoms with Crippen LogP contribution in [0.15, 0.2) is 17.6 Å². The van der Waals surface area contributed by atoms with Crippen LogP contribution in [0.1, 0.15) is 5.56 Å². The molecule has 5 heteroatoms. The molecule has 2 aromatic rings. The summed E-state index contributed by atoms with van der Waals surface area (Å²) < 4.78 is 0. The molecule has 0 aliphatic rings. The van der Waals surface area contributed by atoms with Crippen LogP contribution in [0.4, 0.5) is 0 Å². The fraction of sp³-hybridized carbons (Fsp3) is 0.222. The molecule has 0 radical (unpaired) electrons. The molecule has 4 nitrogen and oxygen atoms in total. The molecule has 0 aromatic carbocycles. The summed E-state index contributed by atoms with van der Waals surface area (Å²) in [7, 11) is 0. The van der Waals surface area contributed by atoms with Crippen molar-refractivity contribution in [1.29, 1.82) is 0 Å². The minimum Gasteiger partial charge on any atom is -0.480 e. The lowest BCUT2D eigenvalue weighted by molar-refractivity contribution is -0.138. The molecule has 74 valence electrons. The predicted octanol–water partition coefficient (Wildman–Crippen LogP) is 1.18. The van der Waals surface area contributed by atoms with Gasteiger partial charge in [0.15, 0.2) is 0 Å². The van der Waals surface area contributed by atoms with Crippen molar-refractivity contribution in [2.45, 2.75) is 12.5 Å². The molecule has 0 amide bonds. The molecule has 2 aromatic heterocycles. The Bertz CT molecular complexity index is 460. The quantitative estimate of drug-likeness (QED) is 0.711. The average Bonchev–Trinajstić information content (AvgIpc) is 2.69. The van der Waals surface area contributed by atoms with Gasteiger partial charge in [-0.15, -0.1) is 11.3 Å². The summed E-state index contributed by atoms with van der Waals surface area (Å²) in [5.74, 6) is -0.958. The standard InChI is InChI=1S/C9H10N2O2S/c10-7(9(12)13)3-5-4-14-8-6(5)1-2-11-8/h1-2,4,7,11H,3,10H2,(H,12,13)/t7-/m0/s1. The second kappa shape index (κ2) is 3.43. The highest BCUT2D eigenvalue weighted by Gasteiger charge is 2.14. The van der Waals surface area contributed by atoms with E-state index in [-0.39, 0.29) is 0 Å². The van der Waals surface area contributed by atoms with E-state index in [2.05, 4.69) is 4.98 Å². The summed E-state index contributed by atoms with van der Waals surface area (Å²) in [6.07, 6.45) is 2.23. The van der Waals surface area contributed by atoms with E-state index < -0.39 is 12.0 Å². The average molecular weight is 210 g/mol. The van der Waals surface area contributed by atoms with Crippen LogP contribution in [0.25, 0.3) is 10.2 Å². The van der Waals surface area contributed by atoms with Gasteiger partial charge in [-0.1, -0.05) is 0 Å². The Balaban J connectivity index is 2.27. The molecule has 0 bridgehead atoms. The van der Waals surface area contributed by atoms with Crippen LogP contribution in [0, 0.1) is 0 Å². The van der Waals surface area contributed by atoms with Gasteiger partial charge < -0.3 is 15.8 Å². The normalized spacial score (nSPS) is 13.2. The molecule has 1 atom stereocenters. The molecule has 0 aliphatic carbocycles. The van der Waals surface area contributed by atoms with Crippen LogP contribution in [-0.4, -0.2) is 22.1 Å². The zero-order valence-electron chi connectivity index (χ0n) is 7.36. The van der Waals surface area contributed by atoms with Gasteiger partial charge in [0.2, 0.25) is 0 Å². The van der Waals surface area contributed by atoms with Crippen LogP contribution in [0.5, 0.6) is 0 Å². The first kappa shape index (κ1) is 9.23. The number of thiophene rings is 1. The molecular formula is C9H10N2O2S. The van der Waals surface area contributed by atoms with Gasteiger partial charge in [-0.3, -0.25) is 4.79 Å². The number of aromatic nitrogens is 1. The van der Waals surface area contributed by atoms with Crippen LogP contribution in [0.3, 0.4) is 0 Å². The summed E-state index contributed by atoms with van der Waals surface area (Å²) in [5, 5.41) is 11.7. The molecule has 0 saturated carbocycles. The lowest BCUT2D eigenvalue weighted by atomic mass is 10.1. The monoisotopic (exact) mass is 210 g/mol. The highest BCUT2D eigenvalue weighted by Crippen LogP contribution is 2.25. The number of H-pyrrole nitrogens is 1. The number of nitrogens with one attached hydrogen (secondary N) is 1. The minimum absolute atomic E-state index is 0.382. The lowest BCUT2D eigenvalue weighted by Gasteiger charge is -2.03. The van der Waals surface area contributed by atoms with E-state index in [0.29, 0.717) is 6.42 Å². The summed E-state index contributed by atoms with van der Waals surface area (Å²) in [6, 6.07) is 1.12. The van der Waals surface area contributed by atoms with Crippen LogP contribution >= 0.6 is 11.3 Å². The summed E-state index contributed by atoms with van der Waals surface area (Å²) in [5.41, 5.74) is 6.46. The molecule has 0 spiro atoms. The van der Waals surface area contributed by atoms with Crippen molar-refractivity contribution in [1.82, 2.24) is 4.98 Å². The number of hydrogen-bond acceptors (Lipinski definition) is 3. The maximum absolute atomic E-state index is 10.6. The lowest BCUT2D eigenvalue weighted by Crippen LogP contribution is -2.32. The van der Waals surface area contributed by atoms with E-state index in [0.717, 1.165) is 15.8 Å². The van der Waals surface area contributed by atoms with E-state index in [4.69, 9.17) is 10.8 Å². The third kappa shape index (κ3) is 1.51. The van der Waals surface area contributed by atoms with Gasteiger partial charge >= 0.3 is 5.97 Å². The first-order valence-corrected chi connectivity index (χ1v) is 5.08. The number of carbonyl (C=O) groups is 1. The van der Waals surface area contributed by atoms with E-state index in [9.17, 15) is 4.79 Å². The van der Waals surface area contributed by atoms with E-state index >= 15 is 0 Å². The van der Waals surface area contributed by atoms with Crippen LogP contribution in [0.2, 0.25) is 0 Å². The van der Waals surface area contributed by atoms with E-state index in [1.807, 2.05) is 17.6 Å². The highest BCUT2D eigenvalue weighted by molar-refractivity contribution is 7.17. The Morgan fingerprint density at radius 2 is 2.50 bits per heavy atom. The maximum Gasteiger partial charge on any atom is 0.320 e. The van der Waals surface area contributed by atoms with Crippen LogP contribution in [-0.2, 0) is 11.2 Å². The number of rotatable bonds is 3. The minimum atomic E-state index is -0.958. The second-order valence-corrected chi connectivity index (χ2v) is 4.01. The Morgan fingerprint density at radius 1 is 1.71 bits per heavy atom. The van der Waals surface area contributed by atoms with E-state index in [1.165, 1.54) is 0 Å². The largest absolute Gasteiger partial charge is 0.480 e. The Morgan fingerprint density at radius 3 is 3.21 bits per heavy atom. The number of aromatic amines is 1. The van der Waals surface area contributed by atoms with Gasteiger partial charge in [-0.25, -0.2) is 0 Å². The fourth-order valence-electron chi connectivity index (χ4n) is 1.38. The second-order valence-electron chi connectivity index (χ2n) is 3.13. The van der Waals surface area contributed by atoms with Gasteiger partial charge in [0.05, 0.1) is 4.83 Å². The van der Waals surface area contributed by atoms with Crippen molar-refractivity contribution in [2.75, 3.05) is 0 Å². The molecule has 0 aliphatic heterocycles. The number of aliphatic carboxylic acids is 1. The molecule has 0 unspecified atom stereocenters. The Kier molecular flexibility index (Phi) is 2.26. The molecule has 4 N–H and O–H groups in total. The molecule has 2 heterocycles. The molecule has 0 fully saturated rings. The molecule has 14 heavy (non-hydrogen) atoms. The Labute approximate surface area is 84.4 Å². The van der Waals surface area contributed by atoms with Gasteiger partial charge in [0.1, 0.15) is 6.04 Å². The van der Waals surface area contributed by atoms with Crippen LogP contribution < -0.4 is 5.73 Å². The molecule has 0 saturated heterocycles. The van der Waals surface area contributed by atoms with Crippen molar-refractivity contribution in [3.8, 4) is 0 Å². The smallest absolute Gasteiger partial charge is 0.320 e. The zero-order chi connectivity index (χ0) is 10.1. The highest BCUT2D eigenvalue weighted by atomic mass is 32.1. The number of fused-ring (bicyclic) bond motifs is 1. The summed E-state index contributed by atoms with van der Waals surface area (Å²) in [4.78, 5) is 14.7. The number of carboxylic acids is 1. The van der Waals surface area contributed by atoms with Crippen molar-refractivity contribution < 1.29 is 9.90 Å². The van der Waals surface area contributed by atoms with Gasteiger partial charge in [-0.05, 0) is 23.4 Å². The van der Waals surface area contributed by atoms with Gasteiger partial charge in [-0.2, -0.15) is 0 Å². The summed E-state index contributed by atoms with van der Waals surface area (Å²) in [6.45, 7) is 0. The topological polar surface area (TPSA) is 79.1 Å². The third-order valence-corrected chi connectivity index (χ3v) is 3.11. The first-order chi connectivity index (χ1) is 6.68. The van der Waals surface area contributed by atoms with Crippen molar-refractivity contribution >= 4 is 27.5 Å². The third-order valence-electron chi connectivity index (χ3n) is 2.13. The SMILES string of the molecule is N[C@@H](Cc1csc2[nH]ccc12)C(=O)O. The first-order valence-electron chi connectivity index (χ1n) is 4.20. The van der Waals surface area contributed by atoms with Crippen molar-refractivity contribution in [3.05, 3.63) is 23.2 Å². The van der Waals surface area contributed by atoms with E-state index in [1.54, 1.807) is 11.3 Å². The number of nitrogens with two attached hydrogens (primary N) is 1.